The molecule has 1 fully saturated rings. The first-order chi connectivity index (χ1) is 8.19. The highest BCUT2D eigenvalue weighted by Gasteiger charge is 2.35. The number of rotatable bonds is 5. The molecule has 2 rings (SSSR count). The Morgan fingerprint density at radius 3 is 2.76 bits per heavy atom. The molecule has 4 heteroatoms. The van der Waals surface area contributed by atoms with Gasteiger partial charge in [-0.15, -0.1) is 0 Å². The SMILES string of the molecule is COc1ccc(Br)c(CNC2(CO)CCC2)c1. The van der Waals surface area contributed by atoms with Crippen LogP contribution in [0.4, 0.5) is 0 Å². The van der Waals surface area contributed by atoms with Crippen LogP contribution in [0.15, 0.2) is 22.7 Å². The van der Waals surface area contributed by atoms with Gasteiger partial charge in [0.15, 0.2) is 0 Å². The molecule has 1 aromatic carbocycles. The van der Waals surface area contributed by atoms with Crippen molar-refractivity contribution >= 4 is 15.9 Å². The molecule has 0 amide bonds. The lowest BCUT2D eigenvalue weighted by Crippen LogP contribution is -2.53. The van der Waals surface area contributed by atoms with Gasteiger partial charge in [-0.25, -0.2) is 0 Å². The third-order valence-electron chi connectivity index (χ3n) is 3.52. The summed E-state index contributed by atoms with van der Waals surface area (Å²) in [7, 11) is 1.67. The lowest BCUT2D eigenvalue weighted by atomic mass is 9.77. The molecule has 1 saturated carbocycles. The molecule has 94 valence electrons. The minimum atomic E-state index is -0.0531. The number of aliphatic hydroxyl groups excluding tert-OH is 1. The van der Waals surface area contributed by atoms with Crippen LogP contribution in [0.3, 0.4) is 0 Å². The maximum atomic E-state index is 9.39. The zero-order chi connectivity index (χ0) is 12.3. The van der Waals surface area contributed by atoms with Gasteiger partial charge in [0.2, 0.25) is 0 Å². The Kier molecular flexibility index (Phi) is 4.07. The van der Waals surface area contributed by atoms with Gasteiger partial charge in [0.25, 0.3) is 0 Å². The van der Waals surface area contributed by atoms with Crippen molar-refractivity contribution < 1.29 is 9.84 Å². The third-order valence-corrected chi connectivity index (χ3v) is 4.29. The van der Waals surface area contributed by atoms with Gasteiger partial charge in [0.05, 0.1) is 13.7 Å². The molecule has 1 aliphatic carbocycles. The molecular formula is C13H18BrNO2. The second kappa shape index (κ2) is 5.38. The first kappa shape index (κ1) is 12.9. The fourth-order valence-electron chi connectivity index (χ4n) is 2.09. The maximum absolute atomic E-state index is 9.39. The zero-order valence-electron chi connectivity index (χ0n) is 10.0. The second-order valence-electron chi connectivity index (χ2n) is 4.60. The molecule has 0 saturated heterocycles. The maximum Gasteiger partial charge on any atom is 0.119 e. The Hall–Kier alpha value is -0.580. The summed E-state index contributed by atoms with van der Waals surface area (Å²) in [5, 5.41) is 12.8. The molecule has 0 aromatic heterocycles. The number of methoxy groups -OCH3 is 1. The molecule has 0 unspecified atom stereocenters. The predicted octanol–water partition coefficient (Wildman–Crippen LogP) is 2.46. The third kappa shape index (κ3) is 2.81. The van der Waals surface area contributed by atoms with E-state index in [4.69, 9.17) is 4.74 Å². The number of benzene rings is 1. The normalized spacial score (nSPS) is 17.6. The van der Waals surface area contributed by atoms with Crippen LogP contribution in [-0.4, -0.2) is 24.4 Å². The van der Waals surface area contributed by atoms with Crippen LogP contribution in [-0.2, 0) is 6.54 Å². The van der Waals surface area contributed by atoms with Crippen LogP contribution in [0.25, 0.3) is 0 Å². The fourth-order valence-corrected chi connectivity index (χ4v) is 2.48. The Morgan fingerprint density at radius 1 is 1.47 bits per heavy atom. The van der Waals surface area contributed by atoms with Crippen LogP contribution in [0.1, 0.15) is 24.8 Å². The standard InChI is InChI=1S/C13H18BrNO2/c1-17-11-3-4-12(14)10(7-11)8-15-13(9-16)5-2-6-13/h3-4,7,15-16H,2,5-6,8-9H2,1H3. The number of hydrogen-bond acceptors (Lipinski definition) is 3. The molecule has 0 heterocycles. The Labute approximate surface area is 110 Å². The molecule has 17 heavy (non-hydrogen) atoms. The average molecular weight is 300 g/mol. The van der Waals surface area contributed by atoms with E-state index in [2.05, 4.69) is 21.2 Å². The van der Waals surface area contributed by atoms with Crippen molar-refractivity contribution in [2.24, 2.45) is 0 Å². The van der Waals surface area contributed by atoms with Crippen LogP contribution < -0.4 is 10.1 Å². The number of ether oxygens (including phenoxy) is 1. The van der Waals surface area contributed by atoms with Crippen molar-refractivity contribution in [2.45, 2.75) is 31.3 Å². The zero-order valence-corrected chi connectivity index (χ0v) is 11.6. The van der Waals surface area contributed by atoms with E-state index in [-0.39, 0.29) is 12.1 Å². The van der Waals surface area contributed by atoms with Crippen molar-refractivity contribution in [1.29, 1.82) is 0 Å². The van der Waals surface area contributed by atoms with Crippen LogP contribution >= 0.6 is 15.9 Å². The summed E-state index contributed by atoms with van der Waals surface area (Å²) >= 11 is 3.53. The van der Waals surface area contributed by atoms with E-state index < -0.39 is 0 Å². The monoisotopic (exact) mass is 299 g/mol. The summed E-state index contributed by atoms with van der Waals surface area (Å²) < 4.78 is 6.28. The molecule has 0 spiro atoms. The predicted molar refractivity (Wildman–Crippen MR) is 71.2 cm³/mol. The summed E-state index contributed by atoms with van der Waals surface area (Å²) in [6.45, 7) is 0.965. The lowest BCUT2D eigenvalue weighted by molar-refractivity contribution is 0.0871. The second-order valence-corrected chi connectivity index (χ2v) is 5.46. The van der Waals surface area contributed by atoms with Crippen molar-refractivity contribution in [2.75, 3.05) is 13.7 Å². The smallest absolute Gasteiger partial charge is 0.119 e. The van der Waals surface area contributed by atoms with E-state index >= 15 is 0 Å². The summed E-state index contributed by atoms with van der Waals surface area (Å²) in [6, 6.07) is 5.93. The van der Waals surface area contributed by atoms with Gasteiger partial charge in [-0.1, -0.05) is 15.9 Å². The summed E-state index contributed by atoms with van der Waals surface area (Å²) in [5.41, 5.74) is 1.10. The van der Waals surface area contributed by atoms with Gasteiger partial charge in [-0.2, -0.15) is 0 Å². The van der Waals surface area contributed by atoms with Gasteiger partial charge in [0.1, 0.15) is 5.75 Å². The molecule has 3 nitrogen and oxygen atoms in total. The van der Waals surface area contributed by atoms with Crippen LogP contribution in [0, 0.1) is 0 Å². The van der Waals surface area contributed by atoms with Crippen molar-refractivity contribution in [1.82, 2.24) is 5.32 Å². The Morgan fingerprint density at radius 2 is 2.24 bits per heavy atom. The summed E-state index contributed by atoms with van der Waals surface area (Å²) in [6.07, 6.45) is 3.32. The van der Waals surface area contributed by atoms with E-state index in [0.29, 0.717) is 0 Å². The van der Waals surface area contributed by atoms with Gasteiger partial charge >= 0.3 is 0 Å². The van der Waals surface area contributed by atoms with Crippen LogP contribution in [0.2, 0.25) is 0 Å². The number of hydrogen-bond donors (Lipinski definition) is 2. The number of aliphatic hydroxyl groups is 1. The van der Waals surface area contributed by atoms with Crippen molar-refractivity contribution in [3.63, 3.8) is 0 Å². The molecular weight excluding hydrogens is 282 g/mol. The molecule has 1 aliphatic rings. The van der Waals surface area contributed by atoms with Gasteiger partial charge in [-0.3, -0.25) is 0 Å². The largest absolute Gasteiger partial charge is 0.497 e. The number of nitrogens with one attached hydrogen (secondary N) is 1. The quantitative estimate of drug-likeness (QED) is 0.878. The van der Waals surface area contributed by atoms with Gasteiger partial charge in [-0.05, 0) is 43.0 Å². The first-order valence-corrected chi connectivity index (χ1v) is 6.67. The van der Waals surface area contributed by atoms with Crippen molar-refractivity contribution in [3.8, 4) is 5.75 Å². The molecule has 2 N–H and O–H groups in total. The fraction of sp³-hybridized carbons (Fsp3) is 0.538. The lowest BCUT2D eigenvalue weighted by Gasteiger charge is -2.41. The summed E-state index contributed by atoms with van der Waals surface area (Å²) in [5.74, 6) is 0.858. The highest BCUT2D eigenvalue weighted by atomic mass is 79.9. The molecule has 0 bridgehead atoms. The van der Waals surface area contributed by atoms with E-state index in [9.17, 15) is 5.11 Å². The van der Waals surface area contributed by atoms with Crippen molar-refractivity contribution in [3.05, 3.63) is 28.2 Å². The topological polar surface area (TPSA) is 41.5 Å². The average Bonchev–Trinajstić information content (AvgIpc) is 2.30. The van der Waals surface area contributed by atoms with E-state index in [1.807, 2.05) is 18.2 Å². The Balaban J connectivity index is 2.02. The molecule has 0 atom stereocenters. The minimum absolute atomic E-state index is 0.0531. The minimum Gasteiger partial charge on any atom is -0.497 e. The van der Waals surface area contributed by atoms with Gasteiger partial charge in [0, 0.05) is 16.6 Å². The highest BCUT2D eigenvalue weighted by Crippen LogP contribution is 2.32. The van der Waals surface area contributed by atoms with E-state index in [0.717, 1.165) is 35.2 Å². The van der Waals surface area contributed by atoms with E-state index in [1.165, 1.54) is 6.42 Å². The van der Waals surface area contributed by atoms with Crippen LogP contribution in [0.5, 0.6) is 5.75 Å². The first-order valence-electron chi connectivity index (χ1n) is 5.87. The van der Waals surface area contributed by atoms with E-state index in [1.54, 1.807) is 7.11 Å². The molecule has 1 aromatic rings. The highest BCUT2D eigenvalue weighted by molar-refractivity contribution is 9.10. The molecule has 0 radical (unpaired) electrons. The Bertz CT molecular complexity index is 385. The van der Waals surface area contributed by atoms with Gasteiger partial charge < -0.3 is 15.2 Å². The number of halogens is 1. The summed E-state index contributed by atoms with van der Waals surface area (Å²) in [4.78, 5) is 0. The molecule has 0 aliphatic heterocycles.